The number of nitrogens with zero attached hydrogens (tertiary/aromatic N) is 2. The monoisotopic (exact) mass is 301 g/mol. The van der Waals surface area contributed by atoms with Crippen molar-refractivity contribution >= 4 is 9.84 Å². The molecule has 0 radical (unpaired) electrons. The van der Waals surface area contributed by atoms with E-state index in [0.29, 0.717) is 6.54 Å². The quantitative estimate of drug-likeness (QED) is 0.870. The van der Waals surface area contributed by atoms with Crippen LogP contribution in [0, 0.1) is 13.8 Å². The minimum atomic E-state index is -2.95. The van der Waals surface area contributed by atoms with Crippen LogP contribution >= 0.6 is 0 Å². The fourth-order valence-electron chi connectivity index (χ4n) is 1.93. The van der Waals surface area contributed by atoms with Crippen LogP contribution in [-0.2, 0) is 22.9 Å². The van der Waals surface area contributed by atoms with Crippen LogP contribution in [0.1, 0.15) is 44.6 Å². The molecule has 1 rings (SSSR count). The highest BCUT2D eigenvalue weighted by Crippen LogP contribution is 2.14. The zero-order valence-electron chi connectivity index (χ0n) is 13.4. The molecule has 0 aliphatic heterocycles. The summed E-state index contributed by atoms with van der Waals surface area (Å²) in [7, 11) is -2.95. The van der Waals surface area contributed by atoms with E-state index in [1.807, 2.05) is 18.5 Å². The molecule has 0 atom stereocenters. The third-order valence-electron chi connectivity index (χ3n) is 3.38. The number of aryl methyl sites for hydroxylation is 2. The molecule has 1 N–H and O–H groups in total. The fraction of sp³-hybridized carbons (Fsp3) is 0.786. The Labute approximate surface area is 122 Å². The molecule has 0 saturated carbocycles. The van der Waals surface area contributed by atoms with Gasteiger partial charge in [-0.15, -0.1) is 0 Å². The van der Waals surface area contributed by atoms with Crippen LogP contribution in [0.15, 0.2) is 0 Å². The predicted molar refractivity (Wildman–Crippen MR) is 82.6 cm³/mol. The van der Waals surface area contributed by atoms with Gasteiger partial charge in [-0.05, 0) is 34.6 Å². The highest BCUT2D eigenvalue weighted by atomic mass is 32.2. The molecule has 0 aliphatic carbocycles. The molecule has 0 spiro atoms. The van der Waals surface area contributed by atoms with Crippen molar-refractivity contribution in [1.29, 1.82) is 0 Å². The van der Waals surface area contributed by atoms with Crippen LogP contribution in [-0.4, -0.2) is 35.2 Å². The number of hydrogen-bond donors (Lipinski definition) is 1. The summed E-state index contributed by atoms with van der Waals surface area (Å²) in [6.07, 6.45) is 0. The Hall–Kier alpha value is -0.880. The molecule has 1 aromatic rings. The van der Waals surface area contributed by atoms with Gasteiger partial charge in [0.2, 0.25) is 0 Å². The van der Waals surface area contributed by atoms with Gasteiger partial charge in [-0.3, -0.25) is 4.68 Å². The van der Waals surface area contributed by atoms with Gasteiger partial charge in [-0.25, -0.2) is 8.42 Å². The Balaban J connectivity index is 2.81. The second-order valence-electron chi connectivity index (χ2n) is 6.21. The SMILES string of the molecule is CCS(=O)(=O)CCn1nc(C)c(CNC(C)(C)C)c1C. The molecule has 116 valence electrons. The average molecular weight is 301 g/mol. The smallest absolute Gasteiger partial charge is 0.151 e. The van der Waals surface area contributed by atoms with Gasteiger partial charge < -0.3 is 5.32 Å². The zero-order chi connectivity index (χ0) is 15.6. The molecule has 0 unspecified atom stereocenters. The summed E-state index contributed by atoms with van der Waals surface area (Å²) >= 11 is 0. The van der Waals surface area contributed by atoms with E-state index in [1.54, 1.807) is 6.92 Å². The van der Waals surface area contributed by atoms with Crippen molar-refractivity contribution in [3.05, 3.63) is 17.0 Å². The lowest BCUT2D eigenvalue weighted by Crippen LogP contribution is -2.35. The van der Waals surface area contributed by atoms with Crippen molar-refractivity contribution in [1.82, 2.24) is 15.1 Å². The first-order chi connectivity index (χ1) is 9.06. The lowest BCUT2D eigenvalue weighted by Gasteiger charge is -2.20. The van der Waals surface area contributed by atoms with E-state index in [4.69, 9.17) is 0 Å². The van der Waals surface area contributed by atoms with Gasteiger partial charge in [0, 0.05) is 29.1 Å². The third kappa shape index (κ3) is 4.90. The van der Waals surface area contributed by atoms with Crippen LogP contribution in [0.4, 0.5) is 0 Å². The Bertz CT molecular complexity index is 554. The first kappa shape index (κ1) is 17.2. The second kappa shape index (κ2) is 6.26. The van der Waals surface area contributed by atoms with Gasteiger partial charge in [0.05, 0.1) is 18.0 Å². The first-order valence-corrected chi connectivity index (χ1v) is 8.86. The van der Waals surface area contributed by atoms with E-state index >= 15 is 0 Å². The molecule has 1 aromatic heterocycles. The van der Waals surface area contributed by atoms with Crippen molar-refractivity contribution in [2.45, 2.75) is 60.2 Å². The minimum Gasteiger partial charge on any atom is -0.308 e. The predicted octanol–water partition coefficient (Wildman–Crippen LogP) is 1.82. The number of nitrogens with one attached hydrogen (secondary N) is 1. The Kier molecular flexibility index (Phi) is 5.38. The molecular weight excluding hydrogens is 274 g/mol. The largest absolute Gasteiger partial charge is 0.308 e. The van der Waals surface area contributed by atoms with E-state index in [2.05, 4.69) is 31.2 Å². The zero-order valence-corrected chi connectivity index (χ0v) is 14.3. The average Bonchev–Trinajstić information content (AvgIpc) is 2.59. The van der Waals surface area contributed by atoms with E-state index in [1.165, 1.54) is 0 Å². The minimum absolute atomic E-state index is 0.0481. The molecular formula is C14H27N3O2S. The van der Waals surface area contributed by atoms with Crippen LogP contribution in [0.2, 0.25) is 0 Å². The van der Waals surface area contributed by atoms with E-state index in [9.17, 15) is 8.42 Å². The number of rotatable bonds is 6. The summed E-state index contributed by atoms with van der Waals surface area (Å²) in [6.45, 7) is 13.2. The molecule has 1 heterocycles. The molecule has 0 bridgehead atoms. The molecule has 0 aromatic carbocycles. The van der Waals surface area contributed by atoms with Crippen LogP contribution in [0.5, 0.6) is 0 Å². The third-order valence-corrected chi connectivity index (χ3v) is 5.07. The van der Waals surface area contributed by atoms with E-state index in [0.717, 1.165) is 23.5 Å². The number of sulfone groups is 1. The van der Waals surface area contributed by atoms with E-state index < -0.39 is 9.84 Å². The van der Waals surface area contributed by atoms with Crippen molar-refractivity contribution < 1.29 is 8.42 Å². The number of aromatic nitrogens is 2. The van der Waals surface area contributed by atoms with E-state index in [-0.39, 0.29) is 17.0 Å². The second-order valence-corrected chi connectivity index (χ2v) is 8.69. The lowest BCUT2D eigenvalue weighted by molar-refractivity contribution is 0.423. The van der Waals surface area contributed by atoms with Crippen molar-refractivity contribution in [3.8, 4) is 0 Å². The standard InChI is InChI=1S/C14H27N3O2S/c1-7-20(18,19)9-8-17-12(3)13(11(2)16-17)10-15-14(4,5)6/h15H,7-10H2,1-6H3. The maximum atomic E-state index is 11.6. The maximum absolute atomic E-state index is 11.6. The molecule has 0 fully saturated rings. The van der Waals surface area contributed by atoms with Crippen LogP contribution in [0.3, 0.4) is 0 Å². The van der Waals surface area contributed by atoms with Gasteiger partial charge in [-0.2, -0.15) is 5.10 Å². The normalized spacial score (nSPS) is 12.9. The van der Waals surface area contributed by atoms with Crippen molar-refractivity contribution in [2.24, 2.45) is 0 Å². The fourth-order valence-corrected chi connectivity index (χ4v) is 2.67. The molecule has 0 aliphatic rings. The summed E-state index contributed by atoms with van der Waals surface area (Å²) in [5.41, 5.74) is 3.22. The molecule has 0 saturated heterocycles. The van der Waals surface area contributed by atoms with Gasteiger partial charge in [0.1, 0.15) is 0 Å². The van der Waals surface area contributed by atoms with Crippen LogP contribution in [0.25, 0.3) is 0 Å². The summed E-state index contributed by atoms with van der Waals surface area (Å²) in [6, 6.07) is 0. The maximum Gasteiger partial charge on any atom is 0.151 e. The summed E-state index contributed by atoms with van der Waals surface area (Å²) in [4.78, 5) is 0. The Morgan fingerprint density at radius 1 is 1.25 bits per heavy atom. The van der Waals surface area contributed by atoms with Gasteiger partial charge >= 0.3 is 0 Å². The highest BCUT2D eigenvalue weighted by molar-refractivity contribution is 7.91. The molecule has 6 heteroatoms. The van der Waals surface area contributed by atoms with Gasteiger partial charge in [-0.1, -0.05) is 6.92 Å². The van der Waals surface area contributed by atoms with Crippen LogP contribution < -0.4 is 5.32 Å². The molecule has 20 heavy (non-hydrogen) atoms. The lowest BCUT2D eigenvalue weighted by atomic mass is 10.1. The summed E-state index contributed by atoms with van der Waals surface area (Å²) in [5, 5.41) is 7.91. The topological polar surface area (TPSA) is 64.0 Å². The summed E-state index contributed by atoms with van der Waals surface area (Å²) in [5.74, 6) is 0.336. The van der Waals surface area contributed by atoms with Gasteiger partial charge in [0.15, 0.2) is 9.84 Å². The first-order valence-electron chi connectivity index (χ1n) is 7.04. The number of hydrogen-bond acceptors (Lipinski definition) is 4. The molecule has 5 nitrogen and oxygen atoms in total. The Morgan fingerprint density at radius 2 is 1.85 bits per heavy atom. The Morgan fingerprint density at radius 3 is 2.35 bits per heavy atom. The van der Waals surface area contributed by atoms with Crippen molar-refractivity contribution in [3.63, 3.8) is 0 Å². The molecule has 0 amide bonds. The van der Waals surface area contributed by atoms with Crippen molar-refractivity contribution in [2.75, 3.05) is 11.5 Å². The summed E-state index contributed by atoms with van der Waals surface area (Å²) < 4.78 is 25.0. The van der Waals surface area contributed by atoms with Gasteiger partial charge in [0.25, 0.3) is 0 Å². The highest BCUT2D eigenvalue weighted by Gasteiger charge is 2.16.